The van der Waals surface area contributed by atoms with Crippen molar-refractivity contribution in [2.24, 2.45) is 0 Å². The zero-order chi connectivity index (χ0) is 10.2. The van der Waals surface area contributed by atoms with E-state index in [1.54, 1.807) is 0 Å². The SMILES string of the molecule is CCCCCCCCCC(Cl)C1CO1. The second kappa shape index (κ2) is 7.53. The van der Waals surface area contributed by atoms with Gasteiger partial charge in [-0.3, -0.25) is 0 Å². The minimum atomic E-state index is 0.283. The van der Waals surface area contributed by atoms with Crippen molar-refractivity contribution in [2.45, 2.75) is 69.8 Å². The summed E-state index contributed by atoms with van der Waals surface area (Å²) in [6.07, 6.45) is 11.1. The molecule has 0 amide bonds. The van der Waals surface area contributed by atoms with Gasteiger partial charge in [-0.25, -0.2) is 0 Å². The molecule has 0 aliphatic carbocycles. The van der Waals surface area contributed by atoms with E-state index in [1.165, 1.54) is 44.9 Å². The summed E-state index contributed by atoms with van der Waals surface area (Å²) in [4.78, 5) is 0. The van der Waals surface area contributed by atoms with Gasteiger partial charge in [-0.15, -0.1) is 11.6 Å². The maximum absolute atomic E-state index is 6.12. The van der Waals surface area contributed by atoms with Gasteiger partial charge in [0.15, 0.2) is 0 Å². The molecule has 1 heterocycles. The second-order valence-electron chi connectivity index (χ2n) is 4.30. The van der Waals surface area contributed by atoms with E-state index in [-0.39, 0.29) is 5.38 Å². The minimum absolute atomic E-state index is 0.283. The van der Waals surface area contributed by atoms with Crippen LogP contribution >= 0.6 is 11.6 Å². The zero-order valence-electron chi connectivity index (χ0n) is 9.30. The molecule has 1 rings (SSSR count). The van der Waals surface area contributed by atoms with Crippen LogP contribution in [0.15, 0.2) is 0 Å². The van der Waals surface area contributed by atoms with E-state index in [2.05, 4.69) is 6.92 Å². The summed E-state index contributed by atoms with van der Waals surface area (Å²) in [5, 5.41) is 0.283. The third-order valence-electron chi connectivity index (χ3n) is 2.85. The number of unbranched alkanes of at least 4 members (excludes halogenated alkanes) is 6. The molecule has 0 N–H and O–H groups in total. The van der Waals surface area contributed by atoms with E-state index in [0.717, 1.165) is 13.0 Å². The first kappa shape index (κ1) is 12.3. The Morgan fingerprint density at radius 2 is 1.71 bits per heavy atom. The molecule has 0 bridgehead atoms. The van der Waals surface area contributed by atoms with Crippen molar-refractivity contribution in [3.8, 4) is 0 Å². The second-order valence-corrected chi connectivity index (χ2v) is 4.86. The van der Waals surface area contributed by atoms with E-state index < -0.39 is 0 Å². The van der Waals surface area contributed by atoms with Crippen molar-refractivity contribution >= 4 is 11.6 Å². The number of hydrogen-bond donors (Lipinski definition) is 0. The van der Waals surface area contributed by atoms with Crippen LogP contribution in [0, 0.1) is 0 Å². The van der Waals surface area contributed by atoms with Gasteiger partial charge in [0, 0.05) is 0 Å². The van der Waals surface area contributed by atoms with E-state index in [9.17, 15) is 0 Å². The topological polar surface area (TPSA) is 12.5 Å². The average molecular weight is 219 g/mol. The van der Waals surface area contributed by atoms with Crippen LogP contribution in [-0.4, -0.2) is 18.1 Å². The summed E-state index contributed by atoms with van der Waals surface area (Å²) in [6, 6.07) is 0. The Morgan fingerprint density at radius 1 is 1.14 bits per heavy atom. The van der Waals surface area contributed by atoms with Crippen LogP contribution in [0.25, 0.3) is 0 Å². The van der Waals surface area contributed by atoms with Gasteiger partial charge < -0.3 is 4.74 Å². The third kappa shape index (κ3) is 5.87. The Balaban J connectivity index is 1.75. The molecule has 2 unspecified atom stereocenters. The smallest absolute Gasteiger partial charge is 0.0972 e. The Kier molecular flexibility index (Phi) is 6.63. The van der Waals surface area contributed by atoms with Gasteiger partial charge in [-0.1, -0.05) is 51.9 Å². The van der Waals surface area contributed by atoms with E-state index in [1.807, 2.05) is 0 Å². The summed E-state index contributed by atoms with van der Waals surface area (Å²) < 4.78 is 5.15. The van der Waals surface area contributed by atoms with Crippen molar-refractivity contribution in [1.29, 1.82) is 0 Å². The van der Waals surface area contributed by atoms with Crippen LogP contribution in [0.5, 0.6) is 0 Å². The van der Waals surface area contributed by atoms with Crippen molar-refractivity contribution in [2.75, 3.05) is 6.61 Å². The number of alkyl halides is 1. The first-order valence-electron chi connectivity index (χ1n) is 6.10. The average Bonchev–Trinajstić information content (AvgIpc) is 2.99. The van der Waals surface area contributed by atoms with Gasteiger partial charge in [0.25, 0.3) is 0 Å². The van der Waals surface area contributed by atoms with E-state index in [0.29, 0.717) is 6.10 Å². The highest BCUT2D eigenvalue weighted by Crippen LogP contribution is 2.23. The molecule has 2 heteroatoms. The van der Waals surface area contributed by atoms with E-state index >= 15 is 0 Å². The molecule has 2 atom stereocenters. The molecule has 1 saturated heterocycles. The fraction of sp³-hybridized carbons (Fsp3) is 1.00. The summed E-state index contributed by atoms with van der Waals surface area (Å²) >= 11 is 6.12. The summed E-state index contributed by atoms with van der Waals surface area (Å²) in [7, 11) is 0. The lowest BCUT2D eigenvalue weighted by Gasteiger charge is -2.05. The number of ether oxygens (including phenoxy) is 1. The van der Waals surface area contributed by atoms with Crippen molar-refractivity contribution in [1.82, 2.24) is 0 Å². The Hall–Kier alpha value is 0.250. The maximum atomic E-state index is 6.12. The Bertz CT molecular complexity index is 134. The molecule has 1 aliphatic heterocycles. The number of hydrogen-bond acceptors (Lipinski definition) is 1. The lowest BCUT2D eigenvalue weighted by molar-refractivity contribution is 0.390. The lowest BCUT2D eigenvalue weighted by Crippen LogP contribution is -2.06. The van der Waals surface area contributed by atoms with E-state index in [4.69, 9.17) is 16.3 Å². The molecule has 14 heavy (non-hydrogen) atoms. The van der Waals surface area contributed by atoms with Crippen LogP contribution in [0.4, 0.5) is 0 Å². The van der Waals surface area contributed by atoms with Crippen LogP contribution < -0.4 is 0 Å². The predicted octanol–water partition coefficient (Wildman–Crippen LogP) is 4.13. The molecule has 0 aromatic heterocycles. The fourth-order valence-corrected chi connectivity index (χ4v) is 2.05. The predicted molar refractivity (Wildman–Crippen MR) is 62.0 cm³/mol. The van der Waals surface area contributed by atoms with Crippen LogP contribution in [0.1, 0.15) is 58.3 Å². The molecule has 1 fully saturated rings. The van der Waals surface area contributed by atoms with Gasteiger partial charge in [0.2, 0.25) is 0 Å². The highest BCUT2D eigenvalue weighted by Gasteiger charge is 2.30. The van der Waals surface area contributed by atoms with Crippen LogP contribution in [0.2, 0.25) is 0 Å². The fourth-order valence-electron chi connectivity index (χ4n) is 1.75. The minimum Gasteiger partial charge on any atom is -0.372 e. The van der Waals surface area contributed by atoms with Gasteiger partial charge in [-0.2, -0.15) is 0 Å². The molecular weight excluding hydrogens is 196 g/mol. The Morgan fingerprint density at radius 3 is 2.29 bits per heavy atom. The molecule has 0 saturated carbocycles. The molecule has 0 spiro atoms. The zero-order valence-corrected chi connectivity index (χ0v) is 10.1. The molecule has 0 aromatic rings. The first-order valence-corrected chi connectivity index (χ1v) is 6.54. The van der Waals surface area contributed by atoms with Gasteiger partial charge >= 0.3 is 0 Å². The molecule has 1 nitrogen and oxygen atoms in total. The normalized spacial score (nSPS) is 22.3. The summed E-state index contributed by atoms with van der Waals surface area (Å²) in [5.74, 6) is 0. The molecule has 0 radical (unpaired) electrons. The monoisotopic (exact) mass is 218 g/mol. The number of rotatable bonds is 9. The van der Waals surface area contributed by atoms with Crippen molar-refractivity contribution < 1.29 is 4.74 Å². The van der Waals surface area contributed by atoms with Crippen LogP contribution in [-0.2, 0) is 4.74 Å². The molecular formula is C12H23ClO. The van der Waals surface area contributed by atoms with Crippen molar-refractivity contribution in [3.63, 3.8) is 0 Å². The molecule has 1 aliphatic rings. The van der Waals surface area contributed by atoms with Crippen molar-refractivity contribution in [3.05, 3.63) is 0 Å². The summed E-state index contributed by atoms with van der Waals surface area (Å²) in [6.45, 7) is 3.15. The standard InChI is InChI=1S/C12H23ClO/c1-2-3-4-5-6-7-8-9-11(13)12-10-14-12/h11-12H,2-10H2,1H3. The summed E-state index contributed by atoms with van der Waals surface area (Å²) in [5.41, 5.74) is 0. The quantitative estimate of drug-likeness (QED) is 0.322. The maximum Gasteiger partial charge on any atom is 0.0972 e. The third-order valence-corrected chi connectivity index (χ3v) is 3.35. The number of halogens is 1. The highest BCUT2D eigenvalue weighted by atomic mass is 35.5. The largest absolute Gasteiger partial charge is 0.372 e. The first-order chi connectivity index (χ1) is 6.84. The van der Waals surface area contributed by atoms with Gasteiger partial charge in [0.1, 0.15) is 0 Å². The molecule has 0 aromatic carbocycles. The number of epoxide rings is 1. The van der Waals surface area contributed by atoms with Crippen LogP contribution in [0.3, 0.4) is 0 Å². The Labute approximate surface area is 93.2 Å². The van der Waals surface area contributed by atoms with Gasteiger partial charge in [-0.05, 0) is 6.42 Å². The molecule has 84 valence electrons. The lowest BCUT2D eigenvalue weighted by atomic mass is 10.1. The van der Waals surface area contributed by atoms with Gasteiger partial charge in [0.05, 0.1) is 18.1 Å². The highest BCUT2D eigenvalue weighted by molar-refractivity contribution is 6.21.